The van der Waals surface area contributed by atoms with Gasteiger partial charge in [-0.15, -0.1) is 11.0 Å². The number of hydrogen-bond acceptors (Lipinski definition) is 6. The van der Waals surface area contributed by atoms with Crippen LogP contribution in [0.1, 0.15) is 22.9 Å². The lowest BCUT2D eigenvalue weighted by Crippen LogP contribution is -2.45. The largest absolute Gasteiger partial charge is 0.872 e. The second-order valence-corrected chi connectivity index (χ2v) is 6.27. The average molecular weight is 354 g/mol. The highest BCUT2D eigenvalue weighted by molar-refractivity contribution is 5.87. The topological polar surface area (TPSA) is 132 Å². The van der Waals surface area contributed by atoms with Crippen molar-refractivity contribution in [3.63, 3.8) is 0 Å². The minimum Gasteiger partial charge on any atom is -0.872 e. The number of anilines is 1. The van der Waals surface area contributed by atoms with Crippen LogP contribution in [0, 0.1) is 0 Å². The Bertz CT molecular complexity index is 998. The summed E-state index contributed by atoms with van der Waals surface area (Å²) in [5.41, 5.74) is 2.64. The zero-order chi connectivity index (χ0) is 18.4. The van der Waals surface area contributed by atoms with E-state index in [2.05, 4.69) is 10.3 Å². The van der Waals surface area contributed by atoms with Crippen LogP contribution in [0.4, 0.5) is 5.69 Å². The van der Waals surface area contributed by atoms with Gasteiger partial charge in [0.05, 0.1) is 11.7 Å². The molecule has 0 amide bonds. The van der Waals surface area contributed by atoms with Crippen molar-refractivity contribution in [2.24, 2.45) is 0 Å². The van der Waals surface area contributed by atoms with Gasteiger partial charge in [-0.3, -0.25) is 20.5 Å². The molecule has 0 aliphatic carbocycles. The van der Waals surface area contributed by atoms with Crippen LogP contribution in [0.3, 0.4) is 0 Å². The predicted molar refractivity (Wildman–Crippen MR) is 90.3 cm³/mol. The van der Waals surface area contributed by atoms with Crippen LogP contribution in [-0.2, 0) is 11.2 Å². The van der Waals surface area contributed by atoms with Crippen LogP contribution in [0.25, 0.3) is 10.9 Å². The van der Waals surface area contributed by atoms with Crippen LogP contribution < -0.4 is 15.6 Å². The molecule has 2 unspecified atom stereocenters. The zero-order valence-corrected chi connectivity index (χ0v) is 13.5. The van der Waals surface area contributed by atoms with Gasteiger partial charge < -0.3 is 15.2 Å². The van der Waals surface area contributed by atoms with Gasteiger partial charge in [0.15, 0.2) is 0 Å². The fourth-order valence-electron chi connectivity index (χ4n) is 3.52. The number of fused-ring (bicyclic) bond motifs is 3. The third-order valence-electron chi connectivity index (χ3n) is 4.74. The molecule has 26 heavy (non-hydrogen) atoms. The van der Waals surface area contributed by atoms with E-state index in [0.717, 1.165) is 16.5 Å². The van der Waals surface area contributed by atoms with Gasteiger partial charge >= 0.3 is 5.97 Å². The van der Waals surface area contributed by atoms with E-state index >= 15 is 0 Å². The number of benzene rings is 2. The molecule has 2 atom stereocenters. The van der Waals surface area contributed by atoms with Crippen molar-refractivity contribution < 1.29 is 25.4 Å². The first-order valence-electron chi connectivity index (χ1n) is 8.03. The third-order valence-corrected chi connectivity index (χ3v) is 4.74. The minimum absolute atomic E-state index is 0.0107. The quantitative estimate of drug-likeness (QED) is 0.450. The van der Waals surface area contributed by atoms with Gasteiger partial charge in [0.25, 0.3) is 0 Å². The molecular weight excluding hydrogens is 338 g/mol. The van der Waals surface area contributed by atoms with Gasteiger partial charge in [0, 0.05) is 23.0 Å². The van der Waals surface area contributed by atoms with Gasteiger partial charge in [-0.05, 0) is 29.3 Å². The molecule has 1 aromatic heterocycles. The monoisotopic (exact) mass is 354 g/mol. The lowest BCUT2D eigenvalue weighted by atomic mass is 9.90. The number of hydrogen-bond donors (Lipinski definition) is 5. The van der Waals surface area contributed by atoms with E-state index in [1.165, 1.54) is 18.2 Å². The number of nitrogens with zero attached hydrogens (tertiary/aromatic N) is 1. The van der Waals surface area contributed by atoms with E-state index in [4.69, 9.17) is 0 Å². The van der Waals surface area contributed by atoms with Crippen molar-refractivity contribution in [1.29, 1.82) is 0 Å². The van der Waals surface area contributed by atoms with E-state index in [1.54, 1.807) is 0 Å². The Morgan fingerprint density at radius 3 is 2.69 bits per heavy atom. The molecule has 134 valence electrons. The third kappa shape index (κ3) is 2.57. The van der Waals surface area contributed by atoms with Gasteiger partial charge in [-0.25, -0.2) is 0 Å². The van der Waals surface area contributed by atoms with Gasteiger partial charge in [-0.1, -0.05) is 24.3 Å². The molecule has 4 rings (SSSR count). The van der Waals surface area contributed by atoms with Crippen molar-refractivity contribution in [1.82, 2.24) is 10.3 Å². The van der Waals surface area contributed by atoms with Crippen molar-refractivity contribution >= 4 is 22.6 Å². The molecule has 0 saturated heterocycles. The van der Waals surface area contributed by atoms with Crippen LogP contribution in [0.2, 0.25) is 0 Å². The maximum Gasteiger partial charge on any atom is 0.321 e. The van der Waals surface area contributed by atoms with Crippen molar-refractivity contribution in [2.75, 3.05) is 5.23 Å². The molecule has 8 heteroatoms. The normalized spacial score (nSPS) is 19.3. The lowest BCUT2D eigenvalue weighted by molar-refractivity contribution is -0.269. The second-order valence-electron chi connectivity index (χ2n) is 6.27. The molecule has 2 aromatic carbocycles. The van der Waals surface area contributed by atoms with Crippen molar-refractivity contribution in [3.8, 4) is 5.75 Å². The fourth-order valence-corrected chi connectivity index (χ4v) is 3.52. The highest BCUT2D eigenvalue weighted by Gasteiger charge is 2.34. The number of aliphatic carboxylic acids is 1. The fraction of sp³-hybridized carbons (Fsp3) is 0.167. The molecule has 0 radical (unpaired) electrons. The first-order chi connectivity index (χ1) is 12.5. The molecular formula is C18H16N3O5-. The van der Waals surface area contributed by atoms with E-state index < -0.39 is 18.1 Å². The Balaban J connectivity index is 1.92. The number of para-hydroxylation sites is 1. The number of carboxylic acids is 1. The lowest BCUT2D eigenvalue weighted by Gasteiger charge is -2.32. The SMILES string of the molecule is O=C(O)C1Cc2c([nH]c3ccccc23)C(c2cc(N(O)O)ccc2[O-])N1. The molecule has 2 heterocycles. The Labute approximate surface area is 147 Å². The maximum atomic E-state index is 12.4. The van der Waals surface area contributed by atoms with E-state index in [0.29, 0.717) is 5.69 Å². The Morgan fingerprint density at radius 1 is 1.19 bits per heavy atom. The number of rotatable bonds is 3. The van der Waals surface area contributed by atoms with Crippen LogP contribution >= 0.6 is 0 Å². The molecule has 3 aromatic rings. The van der Waals surface area contributed by atoms with E-state index in [1.807, 2.05) is 24.3 Å². The van der Waals surface area contributed by atoms with Gasteiger partial charge in [0.2, 0.25) is 0 Å². The summed E-state index contributed by atoms with van der Waals surface area (Å²) in [5.74, 6) is -1.34. The van der Waals surface area contributed by atoms with Crippen LogP contribution in [0.15, 0.2) is 42.5 Å². The first kappa shape index (κ1) is 16.4. The molecule has 0 saturated carbocycles. The standard InChI is InChI=1S/C18H17N3O5/c22-15-6-5-9(21(25)26)7-12(15)17-16-11(8-14(20-17)18(23)24)10-3-1-2-4-13(10)19-16/h1-7,14,17,19-20,22,25-26H,8H2,(H,23,24)/p-1. The van der Waals surface area contributed by atoms with E-state index in [-0.39, 0.29) is 28.6 Å². The molecule has 0 bridgehead atoms. The number of nitrogens with one attached hydrogen (secondary N) is 2. The highest BCUT2D eigenvalue weighted by Crippen LogP contribution is 2.38. The van der Waals surface area contributed by atoms with E-state index in [9.17, 15) is 25.4 Å². The van der Waals surface area contributed by atoms with Gasteiger partial charge in [0.1, 0.15) is 6.04 Å². The molecule has 8 nitrogen and oxygen atoms in total. The number of carboxylic acid groups (broad SMARTS) is 1. The summed E-state index contributed by atoms with van der Waals surface area (Å²) in [5, 5.41) is 44.2. The van der Waals surface area contributed by atoms with Crippen molar-refractivity contribution in [2.45, 2.75) is 18.5 Å². The number of H-pyrrole nitrogens is 1. The average Bonchev–Trinajstić information content (AvgIpc) is 3.00. The number of aromatic amines is 1. The summed E-state index contributed by atoms with van der Waals surface area (Å²) >= 11 is 0. The summed E-state index contributed by atoms with van der Waals surface area (Å²) in [7, 11) is 0. The smallest absolute Gasteiger partial charge is 0.321 e. The molecule has 1 aliphatic heterocycles. The Kier molecular flexibility index (Phi) is 3.80. The number of aromatic nitrogens is 1. The van der Waals surface area contributed by atoms with Gasteiger partial charge in [-0.2, -0.15) is 0 Å². The van der Waals surface area contributed by atoms with Crippen LogP contribution in [0.5, 0.6) is 5.75 Å². The first-order valence-corrected chi connectivity index (χ1v) is 8.03. The molecule has 0 fully saturated rings. The Morgan fingerprint density at radius 2 is 1.96 bits per heavy atom. The Hall–Kier alpha value is -3.07. The predicted octanol–water partition coefficient (Wildman–Crippen LogP) is 1.51. The number of carbonyl (C=O) groups is 1. The summed E-state index contributed by atoms with van der Waals surface area (Å²) in [6, 6.07) is 9.79. The summed E-state index contributed by atoms with van der Waals surface area (Å²) < 4.78 is 0. The molecule has 5 N–H and O–H groups in total. The summed E-state index contributed by atoms with van der Waals surface area (Å²) in [6.07, 6.45) is 0.283. The van der Waals surface area contributed by atoms with Crippen LogP contribution in [-0.4, -0.2) is 32.5 Å². The minimum atomic E-state index is -1.01. The molecule has 1 aliphatic rings. The molecule has 0 spiro atoms. The second kappa shape index (κ2) is 6.03. The summed E-state index contributed by atoms with van der Waals surface area (Å²) in [4.78, 5) is 14.9. The maximum absolute atomic E-state index is 12.4. The zero-order valence-electron chi connectivity index (χ0n) is 13.5. The summed E-state index contributed by atoms with van der Waals surface area (Å²) in [6.45, 7) is 0. The van der Waals surface area contributed by atoms with Crippen molar-refractivity contribution in [3.05, 3.63) is 59.3 Å². The highest BCUT2D eigenvalue weighted by atomic mass is 16.8.